The number of rotatable bonds is 7. The van der Waals surface area contributed by atoms with E-state index in [0.29, 0.717) is 19.2 Å². The SMILES string of the molecule is CC(C)OCCN(CC(N)=NO)C(C)C. The maximum Gasteiger partial charge on any atom is 0.153 e. The van der Waals surface area contributed by atoms with Crippen LogP contribution in [0.4, 0.5) is 0 Å². The average Bonchev–Trinajstić information content (AvgIpc) is 2.15. The van der Waals surface area contributed by atoms with Gasteiger partial charge in [0.15, 0.2) is 5.84 Å². The van der Waals surface area contributed by atoms with Crippen molar-refractivity contribution in [1.82, 2.24) is 4.90 Å². The molecule has 15 heavy (non-hydrogen) atoms. The molecule has 0 aliphatic carbocycles. The summed E-state index contributed by atoms with van der Waals surface area (Å²) in [6.45, 7) is 10.1. The fourth-order valence-corrected chi connectivity index (χ4v) is 1.17. The topological polar surface area (TPSA) is 71.1 Å². The molecule has 0 radical (unpaired) electrons. The molecule has 0 rings (SSSR count). The molecular weight excluding hydrogens is 194 g/mol. The van der Waals surface area contributed by atoms with Gasteiger partial charge in [0.25, 0.3) is 0 Å². The maximum atomic E-state index is 8.48. The average molecular weight is 217 g/mol. The van der Waals surface area contributed by atoms with Gasteiger partial charge in [-0.15, -0.1) is 0 Å². The van der Waals surface area contributed by atoms with E-state index in [4.69, 9.17) is 15.7 Å². The Morgan fingerprint density at radius 2 is 2.00 bits per heavy atom. The van der Waals surface area contributed by atoms with E-state index in [1.165, 1.54) is 0 Å². The highest BCUT2D eigenvalue weighted by Crippen LogP contribution is 1.98. The molecule has 5 heteroatoms. The summed E-state index contributed by atoms with van der Waals surface area (Å²) >= 11 is 0. The van der Waals surface area contributed by atoms with E-state index in [2.05, 4.69) is 23.9 Å². The quantitative estimate of drug-likeness (QED) is 0.287. The summed E-state index contributed by atoms with van der Waals surface area (Å²) < 4.78 is 5.45. The lowest BCUT2D eigenvalue weighted by atomic mass is 10.3. The zero-order valence-corrected chi connectivity index (χ0v) is 10.1. The van der Waals surface area contributed by atoms with Gasteiger partial charge in [-0.1, -0.05) is 5.16 Å². The number of hydrogen-bond donors (Lipinski definition) is 2. The Balaban J connectivity index is 3.94. The van der Waals surface area contributed by atoms with Gasteiger partial charge in [-0.2, -0.15) is 0 Å². The molecule has 3 N–H and O–H groups in total. The fraction of sp³-hybridized carbons (Fsp3) is 0.900. The Morgan fingerprint density at radius 1 is 1.40 bits per heavy atom. The van der Waals surface area contributed by atoms with E-state index in [0.717, 1.165) is 6.54 Å². The standard InChI is InChI=1S/C10H23N3O2/c1-8(2)13(7-10(11)12-14)5-6-15-9(3)4/h8-9,14H,5-7H2,1-4H3,(H2,11,12). The molecule has 0 aromatic heterocycles. The molecule has 0 fully saturated rings. The Morgan fingerprint density at radius 3 is 2.40 bits per heavy atom. The van der Waals surface area contributed by atoms with E-state index in [1.807, 2.05) is 13.8 Å². The van der Waals surface area contributed by atoms with Crippen LogP contribution in [0, 0.1) is 0 Å². The molecule has 0 aliphatic heterocycles. The Hall–Kier alpha value is -0.810. The number of nitrogens with zero attached hydrogens (tertiary/aromatic N) is 2. The van der Waals surface area contributed by atoms with Crippen LogP contribution in [0.1, 0.15) is 27.7 Å². The number of nitrogens with two attached hydrogens (primary N) is 1. The monoisotopic (exact) mass is 217 g/mol. The summed E-state index contributed by atoms with van der Waals surface area (Å²) in [7, 11) is 0. The van der Waals surface area contributed by atoms with Crippen molar-refractivity contribution in [2.45, 2.75) is 39.8 Å². The third-order valence-corrected chi connectivity index (χ3v) is 2.05. The summed E-state index contributed by atoms with van der Waals surface area (Å²) in [5.74, 6) is 0.230. The third kappa shape index (κ3) is 7.16. The molecule has 0 saturated carbocycles. The summed E-state index contributed by atoms with van der Waals surface area (Å²) in [5.41, 5.74) is 5.46. The lowest BCUT2D eigenvalue weighted by Crippen LogP contribution is -2.40. The molecule has 0 atom stereocenters. The minimum Gasteiger partial charge on any atom is -0.409 e. The Bertz CT molecular complexity index is 193. The van der Waals surface area contributed by atoms with E-state index in [9.17, 15) is 0 Å². The van der Waals surface area contributed by atoms with E-state index in [-0.39, 0.29) is 11.9 Å². The molecule has 0 aromatic rings. The van der Waals surface area contributed by atoms with Crippen molar-refractivity contribution in [2.75, 3.05) is 19.7 Å². The van der Waals surface area contributed by atoms with Crippen LogP contribution < -0.4 is 5.73 Å². The van der Waals surface area contributed by atoms with E-state index >= 15 is 0 Å². The van der Waals surface area contributed by atoms with Crippen LogP contribution in [0.5, 0.6) is 0 Å². The van der Waals surface area contributed by atoms with Crippen LogP contribution in [-0.4, -0.2) is 47.8 Å². The van der Waals surface area contributed by atoms with Gasteiger partial charge in [0.2, 0.25) is 0 Å². The first kappa shape index (κ1) is 14.2. The first-order valence-corrected chi connectivity index (χ1v) is 5.29. The van der Waals surface area contributed by atoms with Crippen LogP contribution in [0.2, 0.25) is 0 Å². The first-order chi connectivity index (χ1) is 6.97. The molecule has 90 valence electrons. The molecule has 0 saturated heterocycles. The smallest absolute Gasteiger partial charge is 0.153 e. The van der Waals surface area contributed by atoms with Crippen LogP contribution >= 0.6 is 0 Å². The maximum absolute atomic E-state index is 8.48. The first-order valence-electron chi connectivity index (χ1n) is 5.29. The summed E-state index contributed by atoms with van der Waals surface area (Å²) in [5, 5.41) is 11.4. The lowest BCUT2D eigenvalue weighted by molar-refractivity contribution is 0.0560. The Kier molecular flexibility index (Phi) is 7.07. The van der Waals surface area contributed by atoms with Gasteiger partial charge in [0.1, 0.15) is 0 Å². The van der Waals surface area contributed by atoms with Crippen LogP contribution in [0.15, 0.2) is 5.16 Å². The van der Waals surface area contributed by atoms with E-state index in [1.54, 1.807) is 0 Å². The van der Waals surface area contributed by atoms with Crippen molar-refractivity contribution in [3.8, 4) is 0 Å². The molecule has 0 amide bonds. The highest BCUT2D eigenvalue weighted by Gasteiger charge is 2.11. The predicted molar refractivity (Wildman–Crippen MR) is 61.2 cm³/mol. The lowest BCUT2D eigenvalue weighted by Gasteiger charge is -2.25. The highest BCUT2D eigenvalue weighted by atomic mass is 16.5. The number of hydrogen-bond acceptors (Lipinski definition) is 4. The predicted octanol–water partition coefficient (Wildman–Crippen LogP) is 0.868. The highest BCUT2D eigenvalue weighted by molar-refractivity contribution is 5.81. The Labute approximate surface area is 91.9 Å². The molecular formula is C10H23N3O2. The fourth-order valence-electron chi connectivity index (χ4n) is 1.17. The minimum atomic E-state index is 0.230. The molecule has 0 heterocycles. The van der Waals surface area contributed by atoms with Gasteiger partial charge in [-0.25, -0.2) is 0 Å². The second-order valence-electron chi connectivity index (χ2n) is 4.08. The molecule has 0 aliphatic rings. The van der Waals surface area contributed by atoms with Crippen LogP contribution in [0.3, 0.4) is 0 Å². The number of amidine groups is 1. The zero-order chi connectivity index (χ0) is 11.8. The summed E-state index contributed by atoms with van der Waals surface area (Å²) in [6.07, 6.45) is 0.239. The van der Waals surface area contributed by atoms with Gasteiger partial charge in [-0.05, 0) is 27.7 Å². The van der Waals surface area contributed by atoms with Crippen molar-refractivity contribution in [1.29, 1.82) is 0 Å². The molecule has 5 nitrogen and oxygen atoms in total. The molecule has 0 spiro atoms. The van der Waals surface area contributed by atoms with Crippen molar-refractivity contribution in [2.24, 2.45) is 10.9 Å². The van der Waals surface area contributed by atoms with Gasteiger partial charge < -0.3 is 15.7 Å². The second kappa shape index (κ2) is 7.48. The molecule has 0 aromatic carbocycles. The minimum absolute atomic E-state index is 0.230. The van der Waals surface area contributed by atoms with Gasteiger partial charge in [-0.3, -0.25) is 4.90 Å². The molecule has 0 bridgehead atoms. The number of oxime groups is 1. The van der Waals surface area contributed by atoms with Crippen LogP contribution in [-0.2, 0) is 4.74 Å². The molecule has 0 unspecified atom stereocenters. The van der Waals surface area contributed by atoms with E-state index < -0.39 is 0 Å². The van der Waals surface area contributed by atoms with Gasteiger partial charge in [0.05, 0.1) is 19.3 Å². The summed E-state index contributed by atoms with van der Waals surface area (Å²) in [6, 6.07) is 0.348. The summed E-state index contributed by atoms with van der Waals surface area (Å²) in [4.78, 5) is 2.09. The van der Waals surface area contributed by atoms with Crippen molar-refractivity contribution >= 4 is 5.84 Å². The van der Waals surface area contributed by atoms with Crippen molar-refractivity contribution in [3.05, 3.63) is 0 Å². The van der Waals surface area contributed by atoms with Crippen molar-refractivity contribution in [3.63, 3.8) is 0 Å². The van der Waals surface area contributed by atoms with Crippen molar-refractivity contribution < 1.29 is 9.94 Å². The number of ether oxygens (including phenoxy) is 1. The van der Waals surface area contributed by atoms with Gasteiger partial charge in [0, 0.05) is 12.6 Å². The second-order valence-corrected chi connectivity index (χ2v) is 4.08. The van der Waals surface area contributed by atoms with Crippen LogP contribution in [0.25, 0.3) is 0 Å². The normalized spacial score (nSPS) is 13.1. The third-order valence-electron chi connectivity index (χ3n) is 2.05. The zero-order valence-electron chi connectivity index (χ0n) is 10.1. The van der Waals surface area contributed by atoms with Gasteiger partial charge >= 0.3 is 0 Å². The largest absolute Gasteiger partial charge is 0.409 e.